The molecule has 0 unspecified atom stereocenters. The van der Waals surface area contributed by atoms with Gasteiger partial charge in [0.2, 0.25) is 0 Å². The van der Waals surface area contributed by atoms with Crippen LogP contribution in [0.1, 0.15) is 46.1 Å². The molecule has 1 aliphatic carbocycles. The Labute approximate surface area is 211 Å². The Morgan fingerprint density at radius 2 is 1.92 bits per heavy atom. The maximum absolute atomic E-state index is 14.5. The van der Waals surface area contributed by atoms with Gasteiger partial charge in [-0.25, -0.2) is 13.6 Å². The molecule has 1 aliphatic heterocycles. The van der Waals surface area contributed by atoms with Gasteiger partial charge < -0.3 is 19.5 Å². The van der Waals surface area contributed by atoms with Crippen LogP contribution in [0.25, 0.3) is 5.00 Å². The normalized spacial score (nSPS) is 16.5. The average molecular weight is 506 g/mol. The minimum Gasteiger partial charge on any atom is -0.497 e. The van der Waals surface area contributed by atoms with Crippen LogP contribution in [0, 0.1) is 11.6 Å². The van der Waals surface area contributed by atoms with E-state index in [4.69, 9.17) is 4.74 Å². The van der Waals surface area contributed by atoms with E-state index in [1.165, 1.54) is 22.9 Å². The van der Waals surface area contributed by atoms with Crippen molar-refractivity contribution in [2.75, 3.05) is 12.4 Å². The lowest BCUT2D eigenvalue weighted by atomic mass is 9.95. The molecule has 2 aromatic carbocycles. The van der Waals surface area contributed by atoms with Gasteiger partial charge in [-0.2, -0.15) is 0 Å². The fourth-order valence-electron chi connectivity index (χ4n) is 5.33. The lowest BCUT2D eigenvalue weighted by molar-refractivity contribution is 0.194. The first-order valence-corrected chi connectivity index (χ1v) is 12.8. The number of nitrogens with one attached hydrogen (secondary N) is 1. The number of thiophene rings is 1. The summed E-state index contributed by atoms with van der Waals surface area (Å²) in [6, 6.07) is 13.9. The Balaban J connectivity index is 1.50. The Hall–Kier alpha value is -3.65. The predicted molar refractivity (Wildman–Crippen MR) is 136 cm³/mol. The van der Waals surface area contributed by atoms with E-state index in [0.29, 0.717) is 12.3 Å². The van der Waals surface area contributed by atoms with Crippen molar-refractivity contribution in [3.05, 3.63) is 99.7 Å². The quantitative estimate of drug-likeness (QED) is 0.331. The van der Waals surface area contributed by atoms with E-state index in [0.717, 1.165) is 53.2 Å². The van der Waals surface area contributed by atoms with E-state index in [1.807, 2.05) is 42.6 Å². The molecule has 5 nitrogen and oxygen atoms in total. The summed E-state index contributed by atoms with van der Waals surface area (Å²) in [6.07, 6.45) is 6.39. The van der Waals surface area contributed by atoms with Crippen LogP contribution in [-0.4, -0.2) is 22.6 Å². The topological polar surface area (TPSA) is 46.5 Å². The standard InChI is InChI=1S/C28H25F2N3O2S/c1-35-19-7-4-6-17(14-19)26-24-9-5-13-32(24)27-21(20-8-2-3-10-25(20)36-27)16-33(26)28(34)31-23-12-11-18(29)15-22(23)30/h4-7,9,11-15,26H,2-3,8,10,16H2,1H3,(H,31,34)/t26-/m0/s1. The summed E-state index contributed by atoms with van der Waals surface area (Å²) in [5.74, 6) is -0.818. The van der Waals surface area contributed by atoms with Crippen molar-refractivity contribution >= 4 is 23.1 Å². The summed E-state index contributed by atoms with van der Waals surface area (Å²) in [4.78, 5) is 17.0. The van der Waals surface area contributed by atoms with Gasteiger partial charge >= 0.3 is 6.03 Å². The first kappa shape index (κ1) is 22.8. The molecule has 0 bridgehead atoms. The van der Waals surface area contributed by atoms with Crippen molar-refractivity contribution in [2.45, 2.75) is 38.3 Å². The summed E-state index contributed by atoms with van der Waals surface area (Å²) in [6.45, 7) is 0.374. The molecule has 3 heterocycles. The molecule has 184 valence electrons. The molecule has 36 heavy (non-hydrogen) atoms. The summed E-state index contributed by atoms with van der Waals surface area (Å²) >= 11 is 1.80. The molecule has 0 fully saturated rings. The number of anilines is 1. The zero-order valence-corrected chi connectivity index (χ0v) is 20.6. The number of nitrogens with zero attached hydrogens (tertiary/aromatic N) is 2. The highest BCUT2D eigenvalue weighted by Crippen LogP contribution is 2.44. The van der Waals surface area contributed by atoms with E-state index >= 15 is 0 Å². The fourth-order valence-corrected chi connectivity index (χ4v) is 6.73. The number of hydrogen-bond donors (Lipinski definition) is 1. The maximum atomic E-state index is 14.5. The summed E-state index contributed by atoms with van der Waals surface area (Å²) < 4.78 is 35.6. The van der Waals surface area contributed by atoms with Gasteiger partial charge in [-0.15, -0.1) is 11.3 Å². The Morgan fingerprint density at radius 3 is 2.75 bits per heavy atom. The number of halogens is 2. The molecule has 1 N–H and O–H groups in total. The molecule has 6 rings (SSSR count). The summed E-state index contributed by atoms with van der Waals surface area (Å²) in [7, 11) is 1.61. The van der Waals surface area contributed by atoms with Crippen LogP contribution in [0.15, 0.2) is 60.8 Å². The summed E-state index contributed by atoms with van der Waals surface area (Å²) in [5, 5.41) is 3.83. The van der Waals surface area contributed by atoms with Crippen molar-refractivity contribution in [3.63, 3.8) is 0 Å². The highest BCUT2D eigenvalue weighted by Gasteiger charge is 2.36. The molecule has 0 saturated heterocycles. The van der Waals surface area contributed by atoms with Crippen LogP contribution in [0.2, 0.25) is 0 Å². The van der Waals surface area contributed by atoms with Gasteiger partial charge in [-0.05, 0) is 73.2 Å². The van der Waals surface area contributed by atoms with Crippen LogP contribution in [0.5, 0.6) is 5.75 Å². The molecular weight excluding hydrogens is 480 g/mol. The number of benzene rings is 2. The number of carbonyl (C=O) groups is 1. The van der Waals surface area contributed by atoms with Crippen molar-refractivity contribution in [3.8, 4) is 10.8 Å². The molecule has 2 amide bonds. The van der Waals surface area contributed by atoms with E-state index in [9.17, 15) is 13.6 Å². The van der Waals surface area contributed by atoms with Gasteiger partial charge in [0.1, 0.15) is 22.4 Å². The third-order valence-corrected chi connectivity index (χ3v) is 8.36. The summed E-state index contributed by atoms with van der Waals surface area (Å²) in [5.41, 5.74) is 4.24. The highest BCUT2D eigenvalue weighted by atomic mass is 32.1. The number of rotatable bonds is 3. The van der Waals surface area contributed by atoms with Crippen molar-refractivity contribution in [1.82, 2.24) is 9.47 Å². The third-order valence-electron chi connectivity index (χ3n) is 7.02. The SMILES string of the molecule is COc1cccc([C@H]2c3cccn3-c3sc4c(c3CN2C(=O)Nc2ccc(F)cc2F)CCCC4)c1. The number of fused-ring (bicyclic) bond motifs is 5. The maximum Gasteiger partial charge on any atom is 0.323 e. The van der Waals surface area contributed by atoms with Gasteiger partial charge in [0, 0.05) is 22.7 Å². The number of ether oxygens (including phenoxy) is 1. The van der Waals surface area contributed by atoms with E-state index in [1.54, 1.807) is 23.3 Å². The highest BCUT2D eigenvalue weighted by molar-refractivity contribution is 7.15. The fraction of sp³-hybridized carbons (Fsp3) is 0.250. The second-order valence-corrected chi connectivity index (χ2v) is 10.2. The second-order valence-electron chi connectivity index (χ2n) is 9.16. The van der Waals surface area contributed by atoms with Gasteiger partial charge in [-0.1, -0.05) is 12.1 Å². The lowest BCUT2D eigenvalue weighted by Gasteiger charge is -2.31. The van der Waals surface area contributed by atoms with E-state index < -0.39 is 23.7 Å². The van der Waals surface area contributed by atoms with Crippen LogP contribution in [0.4, 0.5) is 19.3 Å². The number of amides is 2. The van der Waals surface area contributed by atoms with Gasteiger partial charge in [0.15, 0.2) is 0 Å². The van der Waals surface area contributed by atoms with Gasteiger partial charge in [0.05, 0.1) is 31.1 Å². The molecule has 8 heteroatoms. The molecular formula is C28H25F2N3O2S. The number of aromatic nitrogens is 1. The number of hydrogen-bond acceptors (Lipinski definition) is 3. The van der Waals surface area contributed by atoms with E-state index in [2.05, 4.69) is 9.88 Å². The molecule has 2 aliphatic rings. The molecule has 2 aromatic heterocycles. The van der Waals surface area contributed by atoms with Gasteiger partial charge in [-0.3, -0.25) is 0 Å². The Kier molecular flexibility index (Phi) is 5.76. The van der Waals surface area contributed by atoms with Crippen molar-refractivity contribution in [1.29, 1.82) is 0 Å². The third kappa shape index (κ3) is 3.86. The smallest absolute Gasteiger partial charge is 0.323 e. The minimum absolute atomic E-state index is 0.0574. The number of aryl methyl sites for hydroxylation is 1. The van der Waals surface area contributed by atoms with Gasteiger partial charge in [0.25, 0.3) is 0 Å². The number of carbonyl (C=O) groups excluding carboxylic acids is 1. The lowest BCUT2D eigenvalue weighted by Crippen LogP contribution is -2.38. The predicted octanol–water partition coefficient (Wildman–Crippen LogP) is 6.84. The zero-order chi connectivity index (χ0) is 24.8. The Bertz CT molecular complexity index is 1460. The molecule has 0 spiro atoms. The molecule has 0 radical (unpaired) electrons. The van der Waals surface area contributed by atoms with Crippen LogP contribution in [0.3, 0.4) is 0 Å². The average Bonchev–Trinajstić information content (AvgIpc) is 3.47. The minimum atomic E-state index is -0.812. The molecule has 1 atom stereocenters. The van der Waals surface area contributed by atoms with Crippen LogP contribution in [-0.2, 0) is 19.4 Å². The second kappa shape index (κ2) is 9.09. The number of methoxy groups -OCH3 is 1. The van der Waals surface area contributed by atoms with Crippen molar-refractivity contribution in [2.24, 2.45) is 0 Å². The Morgan fingerprint density at radius 1 is 1.06 bits per heavy atom. The van der Waals surface area contributed by atoms with Crippen LogP contribution < -0.4 is 10.1 Å². The first-order chi connectivity index (χ1) is 17.5. The zero-order valence-electron chi connectivity index (χ0n) is 19.8. The monoisotopic (exact) mass is 505 g/mol. The first-order valence-electron chi connectivity index (χ1n) is 12.0. The molecule has 4 aromatic rings. The van der Waals surface area contributed by atoms with Crippen LogP contribution >= 0.6 is 11.3 Å². The van der Waals surface area contributed by atoms with E-state index in [-0.39, 0.29) is 5.69 Å². The van der Waals surface area contributed by atoms with Crippen molar-refractivity contribution < 1.29 is 18.3 Å². The number of urea groups is 1. The molecule has 0 saturated carbocycles. The largest absolute Gasteiger partial charge is 0.497 e.